The molecule has 0 N–H and O–H groups in total. The van der Waals surface area contributed by atoms with Crippen LogP contribution in [0.2, 0.25) is 0 Å². The smallest absolute Gasteiger partial charge is 0.0340 e. The van der Waals surface area contributed by atoms with Gasteiger partial charge in [-0.2, -0.15) is 0 Å². The second-order valence-corrected chi connectivity index (χ2v) is 3.68. The zero-order valence-electron chi connectivity index (χ0n) is 9.43. The lowest BCUT2D eigenvalue weighted by Gasteiger charge is -2.04. The zero-order valence-corrected chi connectivity index (χ0v) is 9.43. The first kappa shape index (κ1) is 10.6. The lowest BCUT2D eigenvalue weighted by atomic mass is 10.0. The molecule has 1 heteroatoms. The Labute approximate surface area is 96.5 Å². The Morgan fingerprint density at radius 2 is 1.94 bits per heavy atom. The van der Waals surface area contributed by atoms with Gasteiger partial charge in [-0.25, -0.2) is 0 Å². The van der Waals surface area contributed by atoms with Crippen molar-refractivity contribution < 1.29 is 0 Å². The van der Waals surface area contributed by atoms with Crippen molar-refractivity contribution in [2.24, 2.45) is 0 Å². The molecule has 0 spiro atoms. The average molecular weight is 209 g/mol. The molecule has 0 aliphatic carbocycles. The summed E-state index contributed by atoms with van der Waals surface area (Å²) in [4.78, 5) is 4.12. The Hall–Kier alpha value is -1.89. The topological polar surface area (TPSA) is 12.9 Å². The number of rotatable bonds is 3. The summed E-state index contributed by atoms with van der Waals surface area (Å²) in [6.07, 6.45) is 6.91. The van der Waals surface area contributed by atoms with Crippen LogP contribution in [0.5, 0.6) is 0 Å². The van der Waals surface area contributed by atoms with Crippen molar-refractivity contribution in [3.05, 3.63) is 66.0 Å². The van der Waals surface area contributed by atoms with Crippen LogP contribution in [0.15, 0.2) is 54.9 Å². The van der Waals surface area contributed by atoms with Crippen LogP contribution in [0.1, 0.15) is 24.5 Å². The molecule has 0 atom stereocenters. The van der Waals surface area contributed by atoms with Gasteiger partial charge in [0.2, 0.25) is 0 Å². The zero-order chi connectivity index (χ0) is 11.2. The standard InChI is InChI=1S/C15H15N/c1-2-14(15-8-4-3-5-9-15)11-13-7-6-10-16-12-13/h3-12H,2H2,1H3. The van der Waals surface area contributed by atoms with E-state index < -0.39 is 0 Å². The monoisotopic (exact) mass is 209 g/mol. The van der Waals surface area contributed by atoms with Crippen molar-refractivity contribution in [2.45, 2.75) is 13.3 Å². The number of pyridine rings is 1. The van der Waals surface area contributed by atoms with E-state index in [9.17, 15) is 0 Å². The lowest BCUT2D eigenvalue weighted by molar-refractivity contribution is 1.24. The molecule has 0 aliphatic rings. The first-order chi connectivity index (χ1) is 7.90. The molecule has 16 heavy (non-hydrogen) atoms. The maximum absolute atomic E-state index is 4.12. The van der Waals surface area contributed by atoms with E-state index in [0.29, 0.717) is 0 Å². The Morgan fingerprint density at radius 3 is 2.56 bits per heavy atom. The molecule has 0 aliphatic heterocycles. The predicted octanol–water partition coefficient (Wildman–Crippen LogP) is 4.03. The summed E-state index contributed by atoms with van der Waals surface area (Å²) >= 11 is 0. The summed E-state index contributed by atoms with van der Waals surface area (Å²) in [5.74, 6) is 0. The molecule has 0 unspecified atom stereocenters. The first-order valence-electron chi connectivity index (χ1n) is 5.56. The molecule has 1 aromatic carbocycles. The number of benzene rings is 1. The van der Waals surface area contributed by atoms with Crippen LogP contribution < -0.4 is 0 Å². The Morgan fingerprint density at radius 1 is 1.12 bits per heavy atom. The summed E-state index contributed by atoms with van der Waals surface area (Å²) in [6, 6.07) is 14.5. The third-order valence-corrected chi connectivity index (χ3v) is 2.55. The van der Waals surface area contributed by atoms with Crippen LogP contribution in [0.4, 0.5) is 0 Å². The summed E-state index contributed by atoms with van der Waals surface area (Å²) in [5.41, 5.74) is 3.78. The van der Waals surface area contributed by atoms with Gasteiger partial charge in [0.25, 0.3) is 0 Å². The van der Waals surface area contributed by atoms with Gasteiger partial charge >= 0.3 is 0 Å². The normalized spacial score (nSPS) is 11.4. The van der Waals surface area contributed by atoms with Crippen LogP contribution in [-0.4, -0.2) is 4.98 Å². The van der Waals surface area contributed by atoms with E-state index in [2.05, 4.69) is 48.3 Å². The minimum absolute atomic E-state index is 1.03. The third-order valence-electron chi connectivity index (χ3n) is 2.55. The molecule has 0 radical (unpaired) electrons. The van der Waals surface area contributed by atoms with E-state index in [0.717, 1.165) is 12.0 Å². The largest absolute Gasteiger partial charge is 0.264 e. The summed E-state index contributed by atoms with van der Waals surface area (Å²) in [7, 11) is 0. The molecule has 0 saturated heterocycles. The van der Waals surface area contributed by atoms with Crippen LogP contribution in [-0.2, 0) is 0 Å². The number of aromatic nitrogens is 1. The molecule has 80 valence electrons. The fourth-order valence-corrected chi connectivity index (χ4v) is 1.70. The molecule has 2 aromatic rings. The molecule has 0 fully saturated rings. The van der Waals surface area contributed by atoms with E-state index in [-0.39, 0.29) is 0 Å². The molecule has 0 bridgehead atoms. The van der Waals surface area contributed by atoms with Crippen molar-refractivity contribution in [2.75, 3.05) is 0 Å². The molecular weight excluding hydrogens is 194 g/mol. The minimum Gasteiger partial charge on any atom is -0.264 e. The molecule has 0 saturated carbocycles. The van der Waals surface area contributed by atoms with Crippen molar-refractivity contribution in [1.82, 2.24) is 4.98 Å². The highest BCUT2D eigenvalue weighted by Gasteiger charge is 1.98. The van der Waals surface area contributed by atoms with E-state index in [1.807, 2.05) is 18.3 Å². The van der Waals surface area contributed by atoms with Gasteiger partial charge in [0, 0.05) is 12.4 Å². The highest BCUT2D eigenvalue weighted by atomic mass is 14.6. The second-order valence-electron chi connectivity index (χ2n) is 3.68. The molecular formula is C15H15N. The van der Waals surface area contributed by atoms with Gasteiger partial charge in [0.1, 0.15) is 0 Å². The van der Waals surface area contributed by atoms with Gasteiger partial charge in [0.15, 0.2) is 0 Å². The van der Waals surface area contributed by atoms with Crippen molar-refractivity contribution in [3.63, 3.8) is 0 Å². The number of hydrogen-bond donors (Lipinski definition) is 0. The average Bonchev–Trinajstić information content (AvgIpc) is 2.38. The van der Waals surface area contributed by atoms with E-state index in [4.69, 9.17) is 0 Å². The molecule has 1 heterocycles. The minimum atomic E-state index is 1.03. The van der Waals surface area contributed by atoms with Crippen molar-refractivity contribution >= 4 is 11.6 Å². The fraction of sp³-hybridized carbons (Fsp3) is 0.133. The van der Waals surface area contributed by atoms with Gasteiger partial charge in [-0.1, -0.05) is 43.3 Å². The quantitative estimate of drug-likeness (QED) is 0.743. The van der Waals surface area contributed by atoms with Gasteiger partial charge in [-0.3, -0.25) is 4.98 Å². The number of hydrogen-bond acceptors (Lipinski definition) is 1. The maximum Gasteiger partial charge on any atom is 0.0340 e. The number of nitrogens with zero attached hydrogens (tertiary/aromatic N) is 1. The van der Waals surface area contributed by atoms with Gasteiger partial charge in [-0.15, -0.1) is 0 Å². The van der Waals surface area contributed by atoms with E-state index in [1.165, 1.54) is 11.1 Å². The van der Waals surface area contributed by atoms with Crippen molar-refractivity contribution in [1.29, 1.82) is 0 Å². The van der Waals surface area contributed by atoms with E-state index in [1.54, 1.807) is 6.20 Å². The Balaban J connectivity index is 2.34. The molecule has 0 amide bonds. The fourth-order valence-electron chi connectivity index (χ4n) is 1.70. The van der Waals surface area contributed by atoms with E-state index >= 15 is 0 Å². The summed E-state index contributed by atoms with van der Waals surface area (Å²) in [5, 5.41) is 0. The maximum atomic E-state index is 4.12. The van der Waals surface area contributed by atoms with Crippen LogP contribution in [0.25, 0.3) is 11.6 Å². The lowest BCUT2D eigenvalue weighted by Crippen LogP contribution is -1.83. The van der Waals surface area contributed by atoms with Gasteiger partial charge in [-0.05, 0) is 35.3 Å². The third kappa shape index (κ3) is 2.57. The van der Waals surface area contributed by atoms with Gasteiger partial charge < -0.3 is 0 Å². The van der Waals surface area contributed by atoms with Crippen LogP contribution in [0, 0.1) is 0 Å². The van der Waals surface area contributed by atoms with Crippen LogP contribution >= 0.6 is 0 Å². The molecule has 1 nitrogen and oxygen atoms in total. The number of allylic oxidation sites excluding steroid dienone is 1. The summed E-state index contributed by atoms with van der Waals surface area (Å²) in [6.45, 7) is 2.18. The highest BCUT2D eigenvalue weighted by molar-refractivity contribution is 5.80. The SMILES string of the molecule is CCC(=Cc1cccnc1)c1ccccc1. The Kier molecular flexibility index (Phi) is 3.50. The predicted molar refractivity (Wildman–Crippen MR) is 68.8 cm³/mol. The van der Waals surface area contributed by atoms with Crippen LogP contribution in [0.3, 0.4) is 0 Å². The highest BCUT2D eigenvalue weighted by Crippen LogP contribution is 2.20. The molecule has 2 rings (SSSR count). The molecule has 1 aromatic heterocycles. The second kappa shape index (κ2) is 5.26. The summed E-state index contributed by atoms with van der Waals surface area (Å²) < 4.78 is 0. The van der Waals surface area contributed by atoms with Crippen molar-refractivity contribution in [3.8, 4) is 0 Å². The first-order valence-corrected chi connectivity index (χ1v) is 5.56. The Bertz CT molecular complexity index is 457. The van der Waals surface area contributed by atoms with Gasteiger partial charge in [0.05, 0.1) is 0 Å².